The van der Waals surface area contributed by atoms with Crippen molar-refractivity contribution in [2.45, 2.75) is 45.2 Å². The largest absolute Gasteiger partial charge is 0.296 e. The average molecular weight is 303 g/mol. The van der Waals surface area contributed by atoms with Crippen molar-refractivity contribution in [3.05, 3.63) is 41.6 Å². The van der Waals surface area contributed by atoms with Gasteiger partial charge in [0.1, 0.15) is 0 Å². The van der Waals surface area contributed by atoms with Gasteiger partial charge in [-0.05, 0) is 56.8 Å². The van der Waals surface area contributed by atoms with Crippen LogP contribution in [0.2, 0.25) is 0 Å². The minimum Gasteiger partial charge on any atom is -0.296 e. The maximum absolute atomic E-state index is 5.86. The van der Waals surface area contributed by atoms with Gasteiger partial charge in [0, 0.05) is 29.5 Å². The number of hydrogen-bond donors (Lipinski definition) is 0. The van der Waals surface area contributed by atoms with Crippen molar-refractivity contribution >= 4 is 22.5 Å². The van der Waals surface area contributed by atoms with Crippen molar-refractivity contribution in [1.82, 2.24) is 9.88 Å². The van der Waals surface area contributed by atoms with E-state index < -0.39 is 0 Å². The number of likely N-dealkylation sites (tertiary alicyclic amines) is 1. The lowest BCUT2D eigenvalue weighted by atomic mass is 10.1. The summed E-state index contributed by atoms with van der Waals surface area (Å²) in [5, 5.41) is 1.30. The molecule has 1 aliphatic rings. The van der Waals surface area contributed by atoms with Crippen LogP contribution in [0, 0.1) is 6.92 Å². The highest BCUT2D eigenvalue weighted by atomic mass is 35.5. The van der Waals surface area contributed by atoms with Gasteiger partial charge in [-0.15, -0.1) is 11.6 Å². The van der Waals surface area contributed by atoms with E-state index in [0.29, 0.717) is 6.04 Å². The van der Waals surface area contributed by atoms with Crippen LogP contribution >= 0.6 is 11.6 Å². The Hall–Kier alpha value is -1.12. The van der Waals surface area contributed by atoms with Crippen molar-refractivity contribution in [3.8, 4) is 0 Å². The molecule has 2 nitrogen and oxygen atoms in total. The molecule has 0 spiro atoms. The first-order valence-electron chi connectivity index (χ1n) is 7.93. The summed E-state index contributed by atoms with van der Waals surface area (Å²) in [5.74, 6) is 0.779. The maximum atomic E-state index is 5.86. The molecule has 21 heavy (non-hydrogen) atoms. The smallest absolute Gasteiger partial charge is 0.0708 e. The van der Waals surface area contributed by atoms with Crippen molar-refractivity contribution in [3.63, 3.8) is 0 Å². The number of pyridine rings is 1. The lowest BCUT2D eigenvalue weighted by Crippen LogP contribution is -2.29. The van der Waals surface area contributed by atoms with Crippen LogP contribution in [0.4, 0.5) is 0 Å². The molecule has 3 heteroatoms. The molecule has 0 saturated carbocycles. The van der Waals surface area contributed by atoms with Crippen LogP contribution in [-0.2, 0) is 6.54 Å². The van der Waals surface area contributed by atoms with Crippen molar-refractivity contribution in [2.75, 3.05) is 12.4 Å². The monoisotopic (exact) mass is 302 g/mol. The van der Waals surface area contributed by atoms with Gasteiger partial charge in [-0.1, -0.05) is 18.2 Å². The first-order valence-corrected chi connectivity index (χ1v) is 8.46. The molecular weight excluding hydrogens is 280 g/mol. The predicted octanol–water partition coefficient (Wildman–Crippen LogP) is 4.53. The molecule has 0 N–H and O–H groups in total. The molecule has 0 aliphatic carbocycles. The summed E-state index contributed by atoms with van der Waals surface area (Å²) in [6, 6.07) is 11.4. The Bertz CT molecular complexity index is 611. The summed E-state index contributed by atoms with van der Waals surface area (Å²) in [5.41, 5.74) is 3.64. The van der Waals surface area contributed by atoms with E-state index in [1.54, 1.807) is 0 Å². The molecule has 1 fully saturated rings. The number of para-hydroxylation sites is 1. The fourth-order valence-corrected chi connectivity index (χ4v) is 3.64. The average Bonchev–Trinajstić information content (AvgIpc) is 2.92. The summed E-state index contributed by atoms with van der Waals surface area (Å²) in [6.45, 7) is 4.34. The molecule has 1 aromatic heterocycles. The molecule has 1 aliphatic heterocycles. The predicted molar refractivity (Wildman–Crippen MR) is 89.9 cm³/mol. The summed E-state index contributed by atoms with van der Waals surface area (Å²) in [6.07, 6.45) is 4.98. The topological polar surface area (TPSA) is 16.1 Å². The minimum atomic E-state index is 0.705. The van der Waals surface area contributed by atoms with Gasteiger partial charge in [0.25, 0.3) is 0 Å². The highest BCUT2D eigenvalue weighted by Crippen LogP contribution is 2.26. The Morgan fingerprint density at radius 1 is 1.33 bits per heavy atom. The highest BCUT2D eigenvalue weighted by molar-refractivity contribution is 6.17. The van der Waals surface area contributed by atoms with E-state index in [1.165, 1.54) is 36.8 Å². The van der Waals surface area contributed by atoms with Gasteiger partial charge >= 0.3 is 0 Å². The van der Waals surface area contributed by atoms with E-state index in [2.05, 4.69) is 47.1 Å². The van der Waals surface area contributed by atoms with Crippen LogP contribution in [-0.4, -0.2) is 28.4 Å². The number of hydrogen-bond acceptors (Lipinski definition) is 2. The number of nitrogens with zero attached hydrogens (tertiary/aromatic N) is 2. The molecule has 1 unspecified atom stereocenters. The normalized spacial score (nSPS) is 19.4. The third-order valence-corrected chi connectivity index (χ3v) is 4.74. The van der Waals surface area contributed by atoms with Gasteiger partial charge < -0.3 is 0 Å². The highest BCUT2D eigenvalue weighted by Gasteiger charge is 2.24. The SMILES string of the molecule is Cc1cc(CN2CCCC2CCCCl)c2ccccc2n1. The number of aryl methyl sites for hydroxylation is 1. The summed E-state index contributed by atoms with van der Waals surface area (Å²) >= 11 is 5.86. The molecule has 2 heterocycles. The molecule has 3 rings (SSSR count). The summed E-state index contributed by atoms with van der Waals surface area (Å²) in [7, 11) is 0. The van der Waals surface area contributed by atoms with E-state index in [1.807, 2.05) is 0 Å². The molecule has 1 aromatic carbocycles. The van der Waals surface area contributed by atoms with Gasteiger partial charge in [-0.25, -0.2) is 0 Å². The van der Waals surface area contributed by atoms with Crippen LogP contribution in [0.25, 0.3) is 10.9 Å². The maximum Gasteiger partial charge on any atom is 0.0708 e. The van der Waals surface area contributed by atoms with Crippen LogP contribution in [0.5, 0.6) is 0 Å². The van der Waals surface area contributed by atoms with Gasteiger partial charge in [-0.3, -0.25) is 9.88 Å². The second-order valence-corrected chi connectivity index (χ2v) is 6.42. The zero-order valence-corrected chi connectivity index (χ0v) is 13.4. The summed E-state index contributed by atoms with van der Waals surface area (Å²) < 4.78 is 0. The van der Waals surface area contributed by atoms with Crippen molar-refractivity contribution < 1.29 is 0 Å². The second kappa shape index (κ2) is 6.76. The number of alkyl halides is 1. The molecule has 0 amide bonds. The Balaban J connectivity index is 1.84. The molecule has 112 valence electrons. The molecule has 2 aromatic rings. The first kappa shape index (κ1) is 14.8. The fraction of sp³-hybridized carbons (Fsp3) is 0.500. The van der Waals surface area contributed by atoms with Crippen LogP contribution in [0.15, 0.2) is 30.3 Å². The Kier molecular flexibility index (Phi) is 4.77. The van der Waals surface area contributed by atoms with E-state index in [-0.39, 0.29) is 0 Å². The number of benzene rings is 1. The van der Waals surface area contributed by atoms with E-state index in [9.17, 15) is 0 Å². The van der Waals surface area contributed by atoms with E-state index in [0.717, 1.165) is 30.1 Å². The van der Waals surface area contributed by atoms with Gasteiger partial charge in [0.05, 0.1) is 5.52 Å². The summed E-state index contributed by atoms with van der Waals surface area (Å²) in [4.78, 5) is 7.28. The van der Waals surface area contributed by atoms with Gasteiger partial charge in [-0.2, -0.15) is 0 Å². The molecule has 1 atom stereocenters. The Labute approximate surface area is 132 Å². The Morgan fingerprint density at radius 3 is 3.05 bits per heavy atom. The number of fused-ring (bicyclic) bond motifs is 1. The third kappa shape index (κ3) is 3.38. The number of halogens is 1. The standard InChI is InChI=1S/C18H23ClN2/c1-14-12-15(17-8-2-3-9-18(17)20-14)13-21-11-5-7-16(21)6-4-10-19/h2-3,8-9,12,16H,4-7,10-11,13H2,1H3. The van der Waals surface area contributed by atoms with Crippen LogP contribution in [0.1, 0.15) is 36.9 Å². The third-order valence-electron chi connectivity index (χ3n) is 4.47. The minimum absolute atomic E-state index is 0.705. The van der Waals surface area contributed by atoms with Crippen molar-refractivity contribution in [1.29, 1.82) is 0 Å². The van der Waals surface area contributed by atoms with Crippen LogP contribution in [0.3, 0.4) is 0 Å². The number of rotatable bonds is 5. The van der Waals surface area contributed by atoms with Crippen LogP contribution < -0.4 is 0 Å². The molecule has 0 bridgehead atoms. The molecular formula is C18H23ClN2. The zero-order valence-electron chi connectivity index (χ0n) is 12.7. The quantitative estimate of drug-likeness (QED) is 0.755. The van der Waals surface area contributed by atoms with Crippen molar-refractivity contribution in [2.24, 2.45) is 0 Å². The van der Waals surface area contributed by atoms with Gasteiger partial charge in [0.2, 0.25) is 0 Å². The molecule has 1 saturated heterocycles. The molecule has 0 radical (unpaired) electrons. The first-order chi connectivity index (χ1) is 10.3. The van der Waals surface area contributed by atoms with E-state index >= 15 is 0 Å². The zero-order chi connectivity index (χ0) is 14.7. The van der Waals surface area contributed by atoms with Gasteiger partial charge in [0.15, 0.2) is 0 Å². The lowest BCUT2D eigenvalue weighted by Gasteiger charge is -2.25. The Morgan fingerprint density at radius 2 is 2.19 bits per heavy atom. The lowest BCUT2D eigenvalue weighted by molar-refractivity contribution is 0.234. The second-order valence-electron chi connectivity index (χ2n) is 6.04. The number of aromatic nitrogens is 1. The fourth-order valence-electron chi connectivity index (χ4n) is 3.49. The van der Waals surface area contributed by atoms with E-state index in [4.69, 9.17) is 11.6 Å².